The SMILES string of the molecule is CCCNc1nnc(S(=O)(=O)Cc2nc(CCC)no2)s1. The Hall–Kier alpha value is -1.55. The van der Waals surface area contributed by atoms with Crippen molar-refractivity contribution in [3.8, 4) is 0 Å². The highest BCUT2D eigenvalue weighted by Gasteiger charge is 2.24. The van der Waals surface area contributed by atoms with Gasteiger partial charge in [-0.05, 0) is 12.8 Å². The van der Waals surface area contributed by atoms with Gasteiger partial charge in [0.05, 0.1) is 0 Å². The maximum absolute atomic E-state index is 12.2. The second kappa shape index (κ2) is 6.94. The lowest BCUT2D eigenvalue weighted by atomic mass is 10.3. The van der Waals surface area contributed by atoms with E-state index in [4.69, 9.17) is 4.52 Å². The molecule has 2 aromatic heterocycles. The Morgan fingerprint density at radius 2 is 2.05 bits per heavy atom. The molecule has 10 heteroatoms. The topological polar surface area (TPSA) is 111 Å². The standard InChI is InChI=1S/C11H17N5O3S2/c1-3-5-8-13-9(19-16-8)7-21(17,18)11-15-14-10(20-11)12-6-4-2/h3-7H2,1-2H3,(H,12,14). The molecule has 0 aromatic carbocycles. The second-order valence-electron chi connectivity index (χ2n) is 4.41. The third kappa shape index (κ3) is 4.21. The minimum Gasteiger partial charge on any atom is -0.360 e. The van der Waals surface area contributed by atoms with Gasteiger partial charge in [0.15, 0.2) is 5.82 Å². The number of sulfone groups is 1. The third-order valence-corrected chi connectivity index (χ3v) is 5.42. The summed E-state index contributed by atoms with van der Waals surface area (Å²) in [5.41, 5.74) is 0. The Morgan fingerprint density at radius 1 is 1.24 bits per heavy atom. The van der Waals surface area contributed by atoms with Crippen LogP contribution in [0.3, 0.4) is 0 Å². The van der Waals surface area contributed by atoms with Gasteiger partial charge in [0, 0.05) is 13.0 Å². The zero-order valence-corrected chi connectivity index (χ0v) is 13.5. The van der Waals surface area contributed by atoms with E-state index in [0.29, 0.717) is 17.4 Å². The van der Waals surface area contributed by atoms with Crippen LogP contribution in [0.5, 0.6) is 0 Å². The molecule has 0 aliphatic carbocycles. The average molecular weight is 331 g/mol. The van der Waals surface area contributed by atoms with Crippen molar-refractivity contribution in [1.82, 2.24) is 20.3 Å². The number of rotatable bonds is 8. The first-order valence-electron chi connectivity index (χ1n) is 6.66. The predicted molar refractivity (Wildman–Crippen MR) is 77.9 cm³/mol. The second-order valence-corrected chi connectivity index (χ2v) is 7.55. The maximum atomic E-state index is 12.2. The summed E-state index contributed by atoms with van der Waals surface area (Å²) in [5, 5.41) is 14.7. The van der Waals surface area contributed by atoms with Gasteiger partial charge in [0.2, 0.25) is 25.2 Å². The van der Waals surface area contributed by atoms with E-state index in [1.807, 2.05) is 13.8 Å². The fraction of sp³-hybridized carbons (Fsp3) is 0.636. The van der Waals surface area contributed by atoms with Gasteiger partial charge in [-0.25, -0.2) is 8.42 Å². The van der Waals surface area contributed by atoms with Gasteiger partial charge >= 0.3 is 0 Å². The Bertz CT molecular complexity index is 680. The van der Waals surface area contributed by atoms with Crippen LogP contribution in [-0.4, -0.2) is 35.3 Å². The van der Waals surface area contributed by atoms with Crippen LogP contribution in [0.25, 0.3) is 0 Å². The van der Waals surface area contributed by atoms with Crippen molar-refractivity contribution in [2.45, 2.75) is 43.2 Å². The third-order valence-electron chi connectivity index (χ3n) is 2.50. The smallest absolute Gasteiger partial charge is 0.242 e. The van der Waals surface area contributed by atoms with Crippen molar-refractivity contribution in [3.05, 3.63) is 11.7 Å². The van der Waals surface area contributed by atoms with Crippen molar-refractivity contribution in [2.24, 2.45) is 0 Å². The number of hydrogen-bond acceptors (Lipinski definition) is 9. The molecule has 0 radical (unpaired) electrons. The van der Waals surface area contributed by atoms with E-state index in [-0.39, 0.29) is 16.0 Å². The molecule has 0 atom stereocenters. The van der Waals surface area contributed by atoms with Crippen molar-refractivity contribution >= 4 is 26.3 Å². The van der Waals surface area contributed by atoms with Crippen LogP contribution < -0.4 is 5.32 Å². The fourth-order valence-corrected chi connectivity index (χ4v) is 3.69. The molecular formula is C11H17N5O3S2. The molecule has 116 valence electrons. The van der Waals surface area contributed by atoms with E-state index in [9.17, 15) is 8.42 Å². The molecule has 0 saturated carbocycles. The number of aryl methyl sites for hydroxylation is 1. The Balaban J connectivity index is 2.08. The Morgan fingerprint density at radius 3 is 2.76 bits per heavy atom. The number of nitrogens with one attached hydrogen (secondary N) is 1. The first-order valence-corrected chi connectivity index (χ1v) is 9.13. The van der Waals surface area contributed by atoms with Gasteiger partial charge in [-0.3, -0.25) is 0 Å². The summed E-state index contributed by atoms with van der Waals surface area (Å²) in [6.07, 6.45) is 2.45. The molecule has 1 N–H and O–H groups in total. The van der Waals surface area contributed by atoms with E-state index in [1.165, 1.54) is 0 Å². The lowest BCUT2D eigenvalue weighted by Crippen LogP contribution is -2.05. The quantitative estimate of drug-likeness (QED) is 0.777. The molecule has 0 aliphatic heterocycles. The van der Waals surface area contributed by atoms with Gasteiger partial charge in [0.1, 0.15) is 5.75 Å². The van der Waals surface area contributed by atoms with Crippen LogP contribution in [0.4, 0.5) is 5.13 Å². The molecule has 0 bridgehead atoms. The molecule has 0 amide bonds. The van der Waals surface area contributed by atoms with Crippen LogP contribution in [0.1, 0.15) is 38.4 Å². The molecule has 2 rings (SSSR count). The number of hydrogen-bond donors (Lipinski definition) is 1. The molecule has 0 saturated heterocycles. The molecule has 0 aliphatic rings. The van der Waals surface area contributed by atoms with Crippen molar-refractivity contribution < 1.29 is 12.9 Å². The summed E-state index contributed by atoms with van der Waals surface area (Å²) in [4.78, 5) is 4.05. The van der Waals surface area contributed by atoms with E-state index < -0.39 is 9.84 Å². The van der Waals surface area contributed by atoms with Gasteiger partial charge in [-0.15, -0.1) is 10.2 Å². The van der Waals surface area contributed by atoms with Crippen LogP contribution >= 0.6 is 11.3 Å². The zero-order valence-electron chi connectivity index (χ0n) is 11.9. The zero-order chi connectivity index (χ0) is 15.3. The molecule has 8 nitrogen and oxygen atoms in total. The minimum atomic E-state index is -3.61. The van der Waals surface area contributed by atoms with Crippen LogP contribution in [0.2, 0.25) is 0 Å². The van der Waals surface area contributed by atoms with E-state index in [1.54, 1.807) is 0 Å². The lowest BCUT2D eigenvalue weighted by molar-refractivity contribution is 0.382. The molecular weight excluding hydrogens is 314 g/mol. The lowest BCUT2D eigenvalue weighted by Gasteiger charge is -1.96. The maximum Gasteiger partial charge on any atom is 0.242 e. The fourth-order valence-electron chi connectivity index (χ4n) is 1.54. The number of nitrogens with zero attached hydrogens (tertiary/aromatic N) is 4. The number of anilines is 1. The van der Waals surface area contributed by atoms with Gasteiger partial charge in [0.25, 0.3) is 0 Å². The van der Waals surface area contributed by atoms with Crippen molar-refractivity contribution in [1.29, 1.82) is 0 Å². The molecule has 0 unspecified atom stereocenters. The summed E-state index contributed by atoms with van der Waals surface area (Å²) in [7, 11) is -3.61. The van der Waals surface area contributed by atoms with Gasteiger partial charge < -0.3 is 9.84 Å². The largest absolute Gasteiger partial charge is 0.360 e. The minimum absolute atomic E-state index is 0.0451. The number of aromatic nitrogens is 4. The van der Waals surface area contributed by atoms with E-state index >= 15 is 0 Å². The summed E-state index contributed by atoms with van der Waals surface area (Å²) in [6.45, 7) is 4.71. The van der Waals surface area contributed by atoms with Crippen molar-refractivity contribution in [3.63, 3.8) is 0 Å². The highest BCUT2D eigenvalue weighted by Crippen LogP contribution is 2.23. The van der Waals surface area contributed by atoms with Gasteiger partial charge in [-0.2, -0.15) is 4.98 Å². The molecule has 0 spiro atoms. The molecule has 2 aromatic rings. The normalized spacial score (nSPS) is 11.7. The van der Waals surface area contributed by atoms with Gasteiger partial charge in [-0.1, -0.05) is 30.3 Å². The highest BCUT2D eigenvalue weighted by molar-refractivity contribution is 7.92. The average Bonchev–Trinajstić information content (AvgIpc) is 3.06. The molecule has 0 fully saturated rings. The first kappa shape index (κ1) is 15.8. The Kier molecular flexibility index (Phi) is 5.23. The van der Waals surface area contributed by atoms with Crippen LogP contribution in [0.15, 0.2) is 8.86 Å². The molecule has 21 heavy (non-hydrogen) atoms. The summed E-state index contributed by atoms with van der Waals surface area (Å²) < 4.78 is 29.3. The highest BCUT2D eigenvalue weighted by atomic mass is 32.2. The Labute approximate surface area is 126 Å². The van der Waals surface area contributed by atoms with Crippen LogP contribution in [0, 0.1) is 0 Å². The molecule has 2 heterocycles. The van der Waals surface area contributed by atoms with Crippen LogP contribution in [-0.2, 0) is 22.0 Å². The summed E-state index contributed by atoms with van der Waals surface area (Å²) in [5.74, 6) is 0.244. The summed E-state index contributed by atoms with van der Waals surface area (Å²) >= 11 is 1.00. The van der Waals surface area contributed by atoms with E-state index in [0.717, 1.165) is 30.7 Å². The monoisotopic (exact) mass is 331 g/mol. The van der Waals surface area contributed by atoms with E-state index in [2.05, 4.69) is 25.7 Å². The van der Waals surface area contributed by atoms with Crippen molar-refractivity contribution in [2.75, 3.05) is 11.9 Å². The summed E-state index contributed by atoms with van der Waals surface area (Å²) in [6, 6.07) is 0. The first-order chi connectivity index (χ1) is 10.0. The predicted octanol–water partition coefficient (Wildman–Crippen LogP) is 1.67.